The number of thiophene rings is 1. The molecule has 6 nitrogen and oxygen atoms in total. The third kappa shape index (κ3) is 5.18. The summed E-state index contributed by atoms with van der Waals surface area (Å²) in [5, 5.41) is 1.18. The van der Waals surface area contributed by atoms with Crippen molar-refractivity contribution in [3.8, 4) is 5.69 Å². The van der Waals surface area contributed by atoms with Crippen LogP contribution >= 0.6 is 11.3 Å². The zero-order chi connectivity index (χ0) is 25.4. The van der Waals surface area contributed by atoms with Crippen molar-refractivity contribution in [1.29, 1.82) is 0 Å². The van der Waals surface area contributed by atoms with E-state index in [1.807, 2.05) is 39.0 Å². The van der Waals surface area contributed by atoms with Gasteiger partial charge >= 0.3 is 6.09 Å². The van der Waals surface area contributed by atoms with Crippen LogP contribution in [-0.2, 0) is 30.5 Å². The highest BCUT2D eigenvalue weighted by Gasteiger charge is 2.28. The molecule has 0 bridgehead atoms. The molecule has 0 fully saturated rings. The Bertz CT molecular complexity index is 1480. The van der Waals surface area contributed by atoms with Gasteiger partial charge in [-0.3, -0.25) is 14.3 Å². The first-order valence-corrected chi connectivity index (χ1v) is 12.8. The van der Waals surface area contributed by atoms with Gasteiger partial charge in [-0.1, -0.05) is 6.07 Å². The highest BCUT2D eigenvalue weighted by molar-refractivity contribution is 7.19. The predicted octanol–water partition coefficient (Wildman–Crippen LogP) is 5.66. The summed E-state index contributed by atoms with van der Waals surface area (Å²) in [6.07, 6.45) is 4.80. The molecule has 0 radical (unpaired) electrons. The lowest BCUT2D eigenvalue weighted by Gasteiger charge is -2.30. The van der Waals surface area contributed by atoms with Crippen LogP contribution in [0.5, 0.6) is 0 Å². The normalized spacial score (nSPS) is 13.6. The van der Waals surface area contributed by atoms with E-state index in [4.69, 9.17) is 4.74 Å². The molecule has 1 amide bonds. The number of halogens is 1. The summed E-state index contributed by atoms with van der Waals surface area (Å²) in [6.45, 7) is 6.79. The SMILES string of the molecule is CC(C)(C)OC(=O)N1CCc2c(sc3cc(-n4ccc(CCc5ccc(F)cn5)cc4=O)ccc23)C1. The Labute approximate surface area is 213 Å². The molecule has 0 spiro atoms. The fourth-order valence-electron chi connectivity index (χ4n) is 4.44. The predicted molar refractivity (Wildman–Crippen MR) is 139 cm³/mol. The number of nitrogens with zero attached hydrogens (tertiary/aromatic N) is 3. The number of rotatable bonds is 4. The van der Waals surface area contributed by atoms with Gasteiger partial charge in [0, 0.05) is 34.1 Å². The molecule has 0 N–H and O–H groups in total. The van der Waals surface area contributed by atoms with Gasteiger partial charge in [0.1, 0.15) is 11.4 Å². The maximum atomic E-state index is 13.0. The average molecular weight is 506 g/mol. The Kier molecular flexibility index (Phi) is 6.38. The third-order valence-electron chi connectivity index (χ3n) is 6.20. The molecule has 0 atom stereocenters. The Hall–Kier alpha value is -3.52. The Morgan fingerprint density at radius 3 is 2.69 bits per heavy atom. The first-order chi connectivity index (χ1) is 17.2. The molecule has 186 valence electrons. The van der Waals surface area contributed by atoms with Gasteiger partial charge in [0.15, 0.2) is 0 Å². The molecule has 3 aromatic heterocycles. The Morgan fingerprint density at radius 2 is 1.97 bits per heavy atom. The number of hydrogen-bond donors (Lipinski definition) is 0. The number of ether oxygens (including phenoxy) is 1. The Morgan fingerprint density at radius 1 is 1.14 bits per heavy atom. The van der Waals surface area contributed by atoms with E-state index in [0.29, 0.717) is 25.9 Å². The van der Waals surface area contributed by atoms with E-state index < -0.39 is 5.60 Å². The van der Waals surface area contributed by atoms with Gasteiger partial charge in [0.25, 0.3) is 5.56 Å². The van der Waals surface area contributed by atoms with Gasteiger partial charge in [-0.15, -0.1) is 11.3 Å². The minimum atomic E-state index is -0.521. The maximum Gasteiger partial charge on any atom is 0.410 e. The zero-order valence-corrected chi connectivity index (χ0v) is 21.4. The van der Waals surface area contributed by atoms with Crippen LogP contribution in [0.4, 0.5) is 9.18 Å². The summed E-state index contributed by atoms with van der Waals surface area (Å²) in [5.74, 6) is -0.356. The molecule has 0 aliphatic carbocycles. The minimum absolute atomic E-state index is 0.101. The zero-order valence-electron chi connectivity index (χ0n) is 20.6. The monoisotopic (exact) mass is 505 g/mol. The molecule has 4 heterocycles. The van der Waals surface area contributed by atoms with Crippen molar-refractivity contribution in [3.63, 3.8) is 0 Å². The standard InChI is InChI=1S/C28H28FN3O3S/c1-28(2,3)35-27(34)31-12-11-23-22-9-8-21(15-24(22)36-25(23)17-31)32-13-10-18(14-26(32)33)4-6-20-7-5-19(29)16-30-20/h5,7-10,13-16H,4,6,11-12,17H2,1-3H3. The lowest BCUT2D eigenvalue weighted by molar-refractivity contribution is 0.0227. The number of carbonyl (C=O) groups excluding carboxylic acids is 1. The largest absolute Gasteiger partial charge is 0.444 e. The number of carbonyl (C=O) groups is 1. The molecule has 1 aliphatic heterocycles. The second-order valence-corrected chi connectivity index (χ2v) is 11.2. The second kappa shape index (κ2) is 9.50. The van der Waals surface area contributed by atoms with Crippen molar-refractivity contribution in [2.45, 2.75) is 52.2 Å². The van der Waals surface area contributed by atoms with E-state index in [1.165, 1.54) is 23.2 Å². The molecule has 36 heavy (non-hydrogen) atoms. The minimum Gasteiger partial charge on any atom is -0.444 e. The van der Waals surface area contributed by atoms with Crippen LogP contribution < -0.4 is 5.56 Å². The van der Waals surface area contributed by atoms with Crippen molar-refractivity contribution < 1.29 is 13.9 Å². The topological polar surface area (TPSA) is 64.4 Å². The second-order valence-electron chi connectivity index (χ2n) is 10.0. The van der Waals surface area contributed by atoms with Gasteiger partial charge in [0.2, 0.25) is 0 Å². The molecule has 4 aromatic rings. The first-order valence-electron chi connectivity index (χ1n) is 12.0. The van der Waals surface area contributed by atoms with E-state index in [0.717, 1.165) is 32.9 Å². The van der Waals surface area contributed by atoms with E-state index in [9.17, 15) is 14.0 Å². The molecule has 1 aliphatic rings. The summed E-state index contributed by atoms with van der Waals surface area (Å²) in [7, 11) is 0. The van der Waals surface area contributed by atoms with Crippen molar-refractivity contribution in [1.82, 2.24) is 14.5 Å². The molecule has 0 saturated heterocycles. The van der Waals surface area contributed by atoms with Crippen LogP contribution in [0.3, 0.4) is 0 Å². The Balaban J connectivity index is 1.34. The van der Waals surface area contributed by atoms with Crippen molar-refractivity contribution >= 4 is 27.5 Å². The third-order valence-corrected chi connectivity index (χ3v) is 7.38. The molecule has 0 saturated carbocycles. The molecular formula is C28H28FN3O3S. The number of hydrogen-bond acceptors (Lipinski definition) is 5. The van der Waals surface area contributed by atoms with Crippen LogP contribution in [0, 0.1) is 5.82 Å². The first kappa shape index (κ1) is 24.2. The van der Waals surface area contributed by atoms with Crippen LogP contribution in [-0.4, -0.2) is 32.7 Å². The average Bonchev–Trinajstić information content (AvgIpc) is 3.19. The van der Waals surface area contributed by atoms with Crippen molar-refractivity contribution in [3.05, 3.63) is 92.7 Å². The molecule has 8 heteroatoms. The number of fused-ring (bicyclic) bond motifs is 3. The van der Waals surface area contributed by atoms with Gasteiger partial charge in [-0.2, -0.15) is 0 Å². The number of benzene rings is 1. The highest BCUT2D eigenvalue weighted by Crippen LogP contribution is 2.36. The van der Waals surface area contributed by atoms with E-state index in [-0.39, 0.29) is 17.5 Å². The molecule has 0 unspecified atom stereocenters. The van der Waals surface area contributed by atoms with E-state index in [1.54, 1.807) is 39.1 Å². The number of amides is 1. The smallest absolute Gasteiger partial charge is 0.410 e. The van der Waals surface area contributed by atoms with Crippen molar-refractivity contribution in [2.24, 2.45) is 0 Å². The lowest BCUT2D eigenvalue weighted by atomic mass is 10.0. The summed E-state index contributed by atoms with van der Waals surface area (Å²) < 4.78 is 21.3. The van der Waals surface area contributed by atoms with E-state index >= 15 is 0 Å². The van der Waals surface area contributed by atoms with Gasteiger partial charge in [-0.05, 0) is 86.9 Å². The lowest BCUT2D eigenvalue weighted by Crippen LogP contribution is -2.39. The summed E-state index contributed by atoms with van der Waals surface area (Å²) in [4.78, 5) is 32.4. The number of aryl methyl sites for hydroxylation is 2. The summed E-state index contributed by atoms with van der Waals surface area (Å²) in [6, 6.07) is 12.7. The van der Waals surface area contributed by atoms with Crippen molar-refractivity contribution in [2.75, 3.05) is 6.54 Å². The fraction of sp³-hybridized carbons (Fsp3) is 0.321. The van der Waals surface area contributed by atoms with Gasteiger partial charge in [0.05, 0.1) is 18.4 Å². The molecular weight excluding hydrogens is 477 g/mol. The van der Waals surface area contributed by atoms with Crippen LogP contribution in [0.25, 0.3) is 15.8 Å². The van der Waals surface area contributed by atoms with Crippen LogP contribution in [0.15, 0.2) is 59.7 Å². The maximum absolute atomic E-state index is 13.0. The van der Waals surface area contributed by atoms with Gasteiger partial charge in [-0.25, -0.2) is 9.18 Å². The van der Waals surface area contributed by atoms with Crippen LogP contribution in [0.2, 0.25) is 0 Å². The highest BCUT2D eigenvalue weighted by atomic mass is 32.1. The number of aromatic nitrogens is 2. The molecule has 1 aromatic carbocycles. The fourth-order valence-corrected chi connectivity index (χ4v) is 5.74. The number of pyridine rings is 2. The summed E-state index contributed by atoms with van der Waals surface area (Å²) >= 11 is 1.66. The quantitative estimate of drug-likeness (QED) is 0.359. The van der Waals surface area contributed by atoms with E-state index in [2.05, 4.69) is 11.1 Å². The molecule has 5 rings (SSSR count). The van der Waals surface area contributed by atoms with Crippen LogP contribution in [0.1, 0.15) is 42.5 Å². The summed E-state index contributed by atoms with van der Waals surface area (Å²) in [5.41, 5.74) is 3.17. The van der Waals surface area contributed by atoms with Gasteiger partial charge < -0.3 is 9.64 Å².